The van der Waals surface area contributed by atoms with E-state index in [2.05, 4.69) is 9.83 Å². The van der Waals surface area contributed by atoms with Crippen LogP contribution >= 0.6 is 34.8 Å². The average Bonchev–Trinajstić information content (AvgIpc) is 3.27. The number of nitrogens with zero attached hydrogens (tertiary/aromatic N) is 3. The topological polar surface area (TPSA) is 46.8 Å². The van der Waals surface area contributed by atoms with Gasteiger partial charge in [-0.2, -0.15) is 0 Å². The maximum absolute atomic E-state index is 13.2. The molecule has 1 amide bonds. The molecule has 1 fully saturated rings. The largest absolute Gasteiger partial charge is 0.474 e. The molecule has 0 aliphatic carbocycles. The van der Waals surface area contributed by atoms with E-state index in [9.17, 15) is 4.79 Å². The molecule has 1 saturated heterocycles. The summed E-state index contributed by atoms with van der Waals surface area (Å²) in [5.41, 5.74) is 2.04. The fourth-order valence-electron chi connectivity index (χ4n) is 4.14. The third-order valence-electron chi connectivity index (χ3n) is 5.88. The normalized spacial score (nSPS) is 18.6. The second kappa shape index (κ2) is 10.0. The number of carbonyl (C=O) groups excluding carboxylic acids is 1. The van der Waals surface area contributed by atoms with E-state index in [0.29, 0.717) is 45.3 Å². The molecule has 0 saturated carbocycles. The summed E-state index contributed by atoms with van der Waals surface area (Å²) in [6, 6.07) is 15.7. The first-order valence-corrected chi connectivity index (χ1v) is 11.5. The molecule has 4 rings (SSSR count). The number of hydrogen-bond acceptors (Lipinski definition) is 3. The van der Waals surface area contributed by atoms with E-state index < -0.39 is 0 Å². The number of pyridine rings is 1. The molecule has 8 heteroatoms. The van der Waals surface area contributed by atoms with Crippen molar-refractivity contribution in [2.24, 2.45) is 5.92 Å². The van der Waals surface area contributed by atoms with E-state index in [1.54, 1.807) is 42.5 Å². The highest BCUT2D eigenvalue weighted by atomic mass is 35.5. The first kappa shape index (κ1) is 23.4. The van der Waals surface area contributed by atoms with Crippen LogP contribution in [-0.2, 0) is 0 Å². The molecular weight excluding hydrogens is 481 g/mol. The average molecular weight is 501 g/mol. The van der Waals surface area contributed by atoms with Crippen LogP contribution in [-0.4, -0.2) is 35.0 Å². The van der Waals surface area contributed by atoms with Gasteiger partial charge in [0.25, 0.3) is 5.91 Å². The zero-order chi connectivity index (χ0) is 23.5. The van der Waals surface area contributed by atoms with E-state index in [4.69, 9.17) is 46.1 Å². The van der Waals surface area contributed by atoms with Crippen LogP contribution in [0.5, 0.6) is 5.88 Å². The Morgan fingerprint density at radius 3 is 2.48 bits per heavy atom. The standard InChI is InChI=1S/C25H20Cl3N3O2/c1-15(33-24-10-6-18(26)12-30-24)20-13-31(25(32)16-3-7-19(29-2)8-4-16)14-21(20)17-5-9-22(27)23(28)11-17/h3-12,15,20-21H,13-14H2,1H3/t15-,20+,21+/m1/s1. The van der Waals surface area contributed by atoms with Crippen molar-refractivity contribution in [2.75, 3.05) is 13.1 Å². The van der Waals surface area contributed by atoms with Crippen LogP contribution in [0.25, 0.3) is 4.85 Å². The number of halogens is 3. The number of hydrogen-bond donors (Lipinski definition) is 0. The van der Waals surface area contributed by atoms with Gasteiger partial charge in [-0.25, -0.2) is 9.83 Å². The van der Waals surface area contributed by atoms with Crippen LogP contribution < -0.4 is 4.74 Å². The van der Waals surface area contributed by atoms with Gasteiger partial charge in [-0.3, -0.25) is 4.79 Å². The van der Waals surface area contributed by atoms with Gasteiger partial charge in [0, 0.05) is 42.8 Å². The lowest BCUT2D eigenvalue weighted by Gasteiger charge is -2.25. The fraction of sp³-hybridized carbons (Fsp3) is 0.240. The molecular formula is C25H20Cl3N3O2. The SMILES string of the molecule is [C-]#[N+]c1ccc(C(=O)N2C[C@@H]([C@@H](C)Oc3ccc(Cl)cn3)[C@H](c3ccc(Cl)c(Cl)c3)C2)cc1. The third kappa shape index (κ3) is 5.25. The highest BCUT2D eigenvalue weighted by molar-refractivity contribution is 6.42. The molecule has 2 heterocycles. The summed E-state index contributed by atoms with van der Waals surface area (Å²) in [6.45, 7) is 10.1. The Kier molecular flexibility index (Phi) is 7.09. The number of aromatic nitrogens is 1. The summed E-state index contributed by atoms with van der Waals surface area (Å²) in [5.74, 6) is 0.370. The Bertz CT molecular complexity index is 1190. The van der Waals surface area contributed by atoms with Crippen molar-refractivity contribution in [3.05, 3.63) is 98.4 Å². The van der Waals surface area contributed by atoms with Crippen molar-refractivity contribution in [1.82, 2.24) is 9.88 Å². The number of ether oxygens (including phenoxy) is 1. The molecule has 0 unspecified atom stereocenters. The van der Waals surface area contributed by atoms with Crippen LogP contribution in [0.3, 0.4) is 0 Å². The maximum atomic E-state index is 13.2. The van der Waals surface area contributed by atoms with Crippen molar-refractivity contribution in [3.63, 3.8) is 0 Å². The Hall–Kier alpha value is -2.78. The monoisotopic (exact) mass is 499 g/mol. The van der Waals surface area contributed by atoms with Crippen molar-refractivity contribution >= 4 is 46.4 Å². The molecule has 3 atom stereocenters. The van der Waals surface area contributed by atoms with Crippen molar-refractivity contribution < 1.29 is 9.53 Å². The third-order valence-corrected chi connectivity index (χ3v) is 6.84. The Morgan fingerprint density at radius 2 is 1.85 bits per heavy atom. The predicted octanol–water partition coefficient (Wildman–Crippen LogP) is 6.92. The first-order chi connectivity index (χ1) is 15.9. The molecule has 0 spiro atoms. The van der Waals surface area contributed by atoms with Crippen LogP contribution in [0.2, 0.25) is 15.1 Å². The minimum Gasteiger partial charge on any atom is -0.474 e. The minimum atomic E-state index is -0.236. The van der Waals surface area contributed by atoms with Gasteiger partial charge in [0.2, 0.25) is 5.88 Å². The predicted molar refractivity (Wildman–Crippen MR) is 131 cm³/mol. The lowest BCUT2D eigenvalue weighted by Crippen LogP contribution is -2.32. The number of likely N-dealkylation sites (tertiary alicyclic amines) is 1. The number of rotatable bonds is 5. The summed E-state index contributed by atoms with van der Waals surface area (Å²) in [4.78, 5) is 22.7. The summed E-state index contributed by atoms with van der Waals surface area (Å²) >= 11 is 18.4. The molecule has 5 nitrogen and oxygen atoms in total. The zero-order valence-corrected chi connectivity index (χ0v) is 20.0. The van der Waals surface area contributed by atoms with Gasteiger partial charge in [-0.15, -0.1) is 0 Å². The van der Waals surface area contributed by atoms with Gasteiger partial charge in [0.15, 0.2) is 5.69 Å². The van der Waals surface area contributed by atoms with Crippen molar-refractivity contribution in [2.45, 2.75) is 18.9 Å². The zero-order valence-electron chi connectivity index (χ0n) is 17.7. The van der Waals surface area contributed by atoms with Crippen molar-refractivity contribution in [3.8, 4) is 5.88 Å². The van der Waals surface area contributed by atoms with Gasteiger partial charge in [0.1, 0.15) is 6.10 Å². The van der Waals surface area contributed by atoms with Crippen LogP contribution in [0.4, 0.5) is 5.69 Å². The van der Waals surface area contributed by atoms with E-state index >= 15 is 0 Å². The van der Waals surface area contributed by atoms with Crippen molar-refractivity contribution in [1.29, 1.82) is 0 Å². The molecule has 2 aromatic carbocycles. The summed E-state index contributed by atoms with van der Waals surface area (Å²) in [6.07, 6.45) is 1.30. The molecule has 0 N–H and O–H groups in total. The Balaban J connectivity index is 1.60. The smallest absolute Gasteiger partial charge is 0.253 e. The Morgan fingerprint density at radius 1 is 1.09 bits per heavy atom. The molecule has 33 heavy (non-hydrogen) atoms. The lowest BCUT2D eigenvalue weighted by atomic mass is 9.86. The molecule has 3 aromatic rings. The summed E-state index contributed by atoms with van der Waals surface area (Å²) < 4.78 is 6.12. The van der Waals surface area contributed by atoms with Gasteiger partial charge in [-0.1, -0.05) is 65.1 Å². The number of amides is 1. The van der Waals surface area contributed by atoms with Gasteiger partial charge in [-0.05, 0) is 30.7 Å². The lowest BCUT2D eigenvalue weighted by molar-refractivity contribution is 0.0769. The highest BCUT2D eigenvalue weighted by Crippen LogP contribution is 2.38. The van der Waals surface area contributed by atoms with Gasteiger partial charge < -0.3 is 9.64 Å². The first-order valence-electron chi connectivity index (χ1n) is 10.4. The second-order valence-electron chi connectivity index (χ2n) is 7.95. The van der Waals surface area contributed by atoms with Crippen LogP contribution in [0.1, 0.15) is 28.8 Å². The van der Waals surface area contributed by atoms with Gasteiger partial charge >= 0.3 is 0 Å². The summed E-state index contributed by atoms with van der Waals surface area (Å²) in [7, 11) is 0. The number of benzene rings is 2. The molecule has 0 radical (unpaired) electrons. The number of carbonyl (C=O) groups is 1. The van der Waals surface area contributed by atoms with Crippen LogP contribution in [0.15, 0.2) is 60.8 Å². The summed E-state index contributed by atoms with van der Waals surface area (Å²) in [5, 5.41) is 1.49. The minimum absolute atomic E-state index is 0.00599. The van der Waals surface area contributed by atoms with Crippen LogP contribution in [0, 0.1) is 12.5 Å². The van der Waals surface area contributed by atoms with E-state index in [-0.39, 0.29) is 23.8 Å². The fourth-order valence-corrected chi connectivity index (χ4v) is 4.56. The van der Waals surface area contributed by atoms with Gasteiger partial charge in [0.05, 0.1) is 21.6 Å². The molecule has 0 bridgehead atoms. The molecule has 168 valence electrons. The van der Waals surface area contributed by atoms with E-state index in [0.717, 1.165) is 5.56 Å². The maximum Gasteiger partial charge on any atom is 0.253 e. The second-order valence-corrected chi connectivity index (χ2v) is 9.20. The Labute approximate surface area is 207 Å². The molecule has 1 aliphatic rings. The quantitative estimate of drug-likeness (QED) is 0.357. The van der Waals surface area contributed by atoms with E-state index in [1.165, 1.54) is 6.20 Å². The van der Waals surface area contributed by atoms with E-state index in [1.807, 2.05) is 24.0 Å². The molecule has 1 aromatic heterocycles. The highest BCUT2D eigenvalue weighted by Gasteiger charge is 2.40. The molecule has 1 aliphatic heterocycles.